The van der Waals surface area contributed by atoms with Gasteiger partial charge in [-0.05, 0) is 42.4 Å². The number of ether oxygens (including phenoxy) is 1. The summed E-state index contributed by atoms with van der Waals surface area (Å²) in [6.07, 6.45) is -0.811. The molecule has 3 rings (SSSR count). The zero-order chi connectivity index (χ0) is 15.4. The Kier molecular flexibility index (Phi) is 3.03. The van der Waals surface area contributed by atoms with Crippen molar-refractivity contribution in [3.8, 4) is 5.75 Å². The summed E-state index contributed by atoms with van der Waals surface area (Å²) in [7, 11) is 1.74. The van der Waals surface area contributed by atoms with E-state index in [2.05, 4.69) is 10.3 Å². The summed E-state index contributed by atoms with van der Waals surface area (Å²) in [6, 6.07) is 3.09. The molecule has 2 aromatic rings. The Balaban J connectivity index is 2.21. The molecule has 1 aromatic heterocycles. The molecule has 1 aromatic carbocycles. The maximum Gasteiger partial charge on any atom is 0.166 e. The lowest BCUT2D eigenvalue weighted by Gasteiger charge is -2.45. The lowest BCUT2D eigenvalue weighted by Crippen LogP contribution is -2.54. The van der Waals surface area contributed by atoms with Gasteiger partial charge in [-0.3, -0.25) is 0 Å². The second-order valence-corrected chi connectivity index (χ2v) is 6.11. The van der Waals surface area contributed by atoms with Gasteiger partial charge in [0.15, 0.2) is 5.11 Å². The molecule has 2 unspecified atom stereocenters. The summed E-state index contributed by atoms with van der Waals surface area (Å²) in [5.74, 6) is 0.613. The molecule has 1 aliphatic heterocycles. The monoisotopic (exact) mass is 308 g/mol. The number of thiocarbonyl (C=S) groups is 1. The van der Waals surface area contributed by atoms with E-state index in [0.717, 1.165) is 5.56 Å². The van der Waals surface area contributed by atoms with Crippen LogP contribution in [-0.4, -0.2) is 44.2 Å². The molecule has 0 spiro atoms. The van der Waals surface area contributed by atoms with E-state index >= 15 is 0 Å². The minimum Gasteiger partial charge on any atom is -0.485 e. The largest absolute Gasteiger partial charge is 0.485 e. The van der Waals surface area contributed by atoms with Crippen LogP contribution in [0.1, 0.15) is 25.5 Å². The quantitative estimate of drug-likeness (QED) is 0.752. The van der Waals surface area contributed by atoms with Crippen LogP contribution in [0.15, 0.2) is 16.8 Å². The first kappa shape index (κ1) is 14.0. The van der Waals surface area contributed by atoms with Crippen molar-refractivity contribution in [3.63, 3.8) is 0 Å². The first-order valence-electron chi connectivity index (χ1n) is 6.47. The second kappa shape index (κ2) is 4.54. The number of aliphatic hydroxyl groups excluding tert-OH is 1. The Morgan fingerprint density at radius 1 is 1.38 bits per heavy atom. The molecule has 2 heterocycles. The first-order chi connectivity index (χ1) is 9.81. The van der Waals surface area contributed by atoms with Crippen LogP contribution in [0.25, 0.3) is 11.0 Å². The third-order valence-electron chi connectivity index (χ3n) is 3.85. The molecule has 1 aliphatic rings. The van der Waals surface area contributed by atoms with Gasteiger partial charge >= 0.3 is 0 Å². The predicted molar refractivity (Wildman–Crippen MR) is 79.8 cm³/mol. The smallest absolute Gasteiger partial charge is 0.166 e. The number of aliphatic hydroxyl groups is 1. The van der Waals surface area contributed by atoms with Crippen molar-refractivity contribution < 1.29 is 14.5 Å². The number of hydrogen-bond donors (Lipinski definition) is 2. The van der Waals surface area contributed by atoms with E-state index in [4.69, 9.17) is 27.3 Å². The standard InChI is InChI=1S/C13H16N4O3S/c1-13(2)11(18)10(17(3)12(14)21)6-4-7-8(16-20-15-7)5-9(6)19-13/h4-5,10-11,18H,1-3H3,(H2,14,21). The molecule has 0 saturated carbocycles. The van der Waals surface area contributed by atoms with Crippen molar-refractivity contribution in [2.24, 2.45) is 5.73 Å². The number of nitrogens with zero attached hydrogens (tertiary/aromatic N) is 3. The molecule has 112 valence electrons. The zero-order valence-corrected chi connectivity index (χ0v) is 12.7. The van der Waals surface area contributed by atoms with Crippen LogP contribution in [0.3, 0.4) is 0 Å². The molecule has 0 fully saturated rings. The van der Waals surface area contributed by atoms with Crippen molar-refractivity contribution in [2.45, 2.75) is 31.6 Å². The molecule has 0 bridgehead atoms. The maximum atomic E-state index is 10.6. The zero-order valence-electron chi connectivity index (χ0n) is 11.9. The lowest BCUT2D eigenvalue weighted by atomic mass is 9.85. The summed E-state index contributed by atoms with van der Waals surface area (Å²) >= 11 is 5.04. The number of likely N-dealkylation sites (N-methyl/N-ethyl adjacent to an activating group) is 1. The summed E-state index contributed by atoms with van der Waals surface area (Å²) in [5.41, 5.74) is 6.87. The molecule has 0 saturated heterocycles. The van der Waals surface area contributed by atoms with E-state index in [-0.39, 0.29) is 5.11 Å². The highest BCUT2D eigenvalue weighted by Gasteiger charge is 2.45. The van der Waals surface area contributed by atoms with E-state index in [9.17, 15) is 5.11 Å². The van der Waals surface area contributed by atoms with Gasteiger partial charge in [0, 0.05) is 18.7 Å². The summed E-state index contributed by atoms with van der Waals surface area (Å²) in [5, 5.41) is 18.5. The molecule has 8 heteroatoms. The van der Waals surface area contributed by atoms with Gasteiger partial charge in [-0.15, -0.1) is 0 Å². The van der Waals surface area contributed by atoms with Crippen molar-refractivity contribution in [1.29, 1.82) is 0 Å². The minimum atomic E-state index is -0.811. The SMILES string of the molecule is CN(C(N)=S)C1c2cc3nonc3cc2OC(C)(C)C1O. The number of benzene rings is 1. The Labute approximate surface area is 126 Å². The van der Waals surface area contributed by atoms with Crippen LogP contribution in [0.5, 0.6) is 5.75 Å². The number of aromatic nitrogens is 2. The lowest BCUT2D eigenvalue weighted by molar-refractivity contribution is -0.0781. The van der Waals surface area contributed by atoms with Crippen LogP contribution in [0.4, 0.5) is 0 Å². The van der Waals surface area contributed by atoms with E-state index in [0.29, 0.717) is 16.8 Å². The molecular weight excluding hydrogens is 292 g/mol. The van der Waals surface area contributed by atoms with Gasteiger partial charge in [0.1, 0.15) is 28.5 Å². The Morgan fingerprint density at radius 2 is 2.00 bits per heavy atom. The number of fused-ring (bicyclic) bond motifs is 2. The third-order valence-corrected chi connectivity index (χ3v) is 4.14. The number of nitrogens with two attached hydrogens (primary N) is 1. The van der Waals surface area contributed by atoms with Gasteiger partial charge in [0.05, 0.1) is 6.04 Å². The normalized spacial score (nSPS) is 23.4. The van der Waals surface area contributed by atoms with Gasteiger partial charge in [-0.25, -0.2) is 4.63 Å². The van der Waals surface area contributed by atoms with E-state index < -0.39 is 17.7 Å². The van der Waals surface area contributed by atoms with Crippen molar-refractivity contribution in [2.75, 3.05) is 7.05 Å². The molecule has 0 aliphatic carbocycles. The molecule has 0 radical (unpaired) electrons. The van der Waals surface area contributed by atoms with Gasteiger partial charge in [0.2, 0.25) is 0 Å². The molecule has 3 N–H and O–H groups in total. The van der Waals surface area contributed by atoms with Crippen LogP contribution in [0.2, 0.25) is 0 Å². The Morgan fingerprint density at radius 3 is 2.62 bits per heavy atom. The Bertz CT molecular complexity index is 715. The molecule has 2 atom stereocenters. The topological polar surface area (TPSA) is 97.6 Å². The van der Waals surface area contributed by atoms with E-state index in [1.807, 2.05) is 13.8 Å². The predicted octanol–water partition coefficient (Wildman–Crippen LogP) is 0.971. The molecule has 21 heavy (non-hydrogen) atoms. The average Bonchev–Trinajstić information content (AvgIpc) is 2.84. The van der Waals surface area contributed by atoms with Crippen LogP contribution in [0, 0.1) is 0 Å². The van der Waals surface area contributed by atoms with Gasteiger partial charge in [-0.1, -0.05) is 0 Å². The fraction of sp³-hybridized carbons (Fsp3) is 0.462. The highest BCUT2D eigenvalue weighted by Crippen LogP contribution is 2.43. The second-order valence-electron chi connectivity index (χ2n) is 5.69. The fourth-order valence-electron chi connectivity index (χ4n) is 2.60. The molecule has 0 amide bonds. The van der Waals surface area contributed by atoms with Crippen molar-refractivity contribution in [1.82, 2.24) is 15.2 Å². The summed E-state index contributed by atoms with van der Waals surface area (Å²) in [4.78, 5) is 1.66. The molecular formula is C13H16N4O3S. The van der Waals surface area contributed by atoms with Crippen molar-refractivity contribution >= 4 is 28.4 Å². The minimum absolute atomic E-state index is 0.195. The van der Waals surface area contributed by atoms with Crippen LogP contribution < -0.4 is 10.5 Å². The van der Waals surface area contributed by atoms with Crippen LogP contribution in [-0.2, 0) is 0 Å². The highest BCUT2D eigenvalue weighted by atomic mass is 32.1. The number of rotatable bonds is 1. The highest BCUT2D eigenvalue weighted by molar-refractivity contribution is 7.80. The Hall–Kier alpha value is -1.93. The number of hydrogen-bond acceptors (Lipinski definition) is 6. The van der Waals surface area contributed by atoms with Gasteiger partial charge in [0.25, 0.3) is 0 Å². The third kappa shape index (κ3) is 2.11. The van der Waals surface area contributed by atoms with Gasteiger partial charge in [-0.2, -0.15) is 0 Å². The van der Waals surface area contributed by atoms with E-state index in [1.54, 1.807) is 24.1 Å². The summed E-state index contributed by atoms with van der Waals surface area (Å²) in [6.45, 7) is 3.62. The molecule has 7 nitrogen and oxygen atoms in total. The first-order valence-corrected chi connectivity index (χ1v) is 6.87. The van der Waals surface area contributed by atoms with Crippen molar-refractivity contribution in [3.05, 3.63) is 17.7 Å². The van der Waals surface area contributed by atoms with Crippen LogP contribution >= 0.6 is 12.2 Å². The van der Waals surface area contributed by atoms with Gasteiger partial charge < -0.3 is 20.5 Å². The average molecular weight is 308 g/mol. The fourth-order valence-corrected chi connectivity index (χ4v) is 2.71. The summed E-state index contributed by atoms with van der Waals surface area (Å²) < 4.78 is 10.6. The maximum absolute atomic E-state index is 10.6. The van der Waals surface area contributed by atoms with E-state index in [1.165, 1.54) is 0 Å².